The Labute approximate surface area is 48.5 Å². The van der Waals surface area contributed by atoms with E-state index in [-0.39, 0.29) is 0 Å². The zero-order chi connectivity index (χ0) is 5.40. The van der Waals surface area contributed by atoms with Crippen LogP contribution in [0.15, 0.2) is 17.1 Å². The topological polar surface area (TPSA) is 15.6 Å². The molecule has 2 nitrogen and oxygen atoms in total. The first kappa shape index (κ1) is 4.27. The van der Waals surface area contributed by atoms with E-state index in [1.54, 1.807) is 0 Å². The van der Waals surface area contributed by atoms with Gasteiger partial charge in [-0.25, -0.2) is 0 Å². The predicted molar refractivity (Wildman–Crippen MR) is 33.0 cm³/mol. The molecule has 0 aliphatic carbocycles. The summed E-state index contributed by atoms with van der Waals surface area (Å²) in [5.74, 6) is 0. The summed E-state index contributed by atoms with van der Waals surface area (Å²) in [7, 11) is 0. The van der Waals surface area contributed by atoms with Crippen molar-refractivity contribution in [2.45, 2.75) is 6.04 Å². The third kappa shape index (κ3) is 0.434. The summed E-state index contributed by atoms with van der Waals surface area (Å²) < 4.78 is 0. The van der Waals surface area contributed by atoms with Gasteiger partial charge < -0.3 is 0 Å². The second kappa shape index (κ2) is 1.42. The van der Waals surface area contributed by atoms with Crippen LogP contribution in [0, 0.1) is 0 Å². The van der Waals surface area contributed by atoms with Crippen molar-refractivity contribution < 1.29 is 0 Å². The van der Waals surface area contributed by atoms with Crippen molar-refractivity contribution in [1.29, 1.82) is 0 Å². The van der Waals surface area contributed by atoms with Gasteiger partial charge in [0.2, 0.25) is 0 Å². The van der Waals surface area contributed by atoms with Gasteiger partial charge in [-0.05, 0) is 0 Å². The van der Waals surface area contributed by atoms with Gasteiger partial charge in [0, 0.05) is 12.8 Å². The van der Waals surface area contributed by atoms with Crippen molar-refractivity contribution in [2.75, 3.05) is 13.2 Å². The van der Waals surface area contributed by atoms with Gasteiger partial charge in [0.1, 0.15) is 0 Å². The van der Waals surface area contributed by atoms with Crippen LogP contribution >= 0.6 is 0 Å². The lowest BCUT2D eigenvalue weighted by atomic mass is 10.3. The molecule has 0 aromatic heterocycles. The zero-order valence-electron chi connectivity index (χ0n) is 4.62. The Bertz CT molecular complexity index is 133. The number of hydrogen-bond acceptors (Lipinski definition) is 2. The summed E-state index contributed by atoms with van der Waals surface area (Å²) in [4.78, 5) is 6.42. The van der Waals surface area contributed by atoms with E-state index in [2.05, 4.69) is 22.0 Å². The maximum absolute atomic E-state index is 4.12. The number of fused-ring (bicyclic) bond motifs is 1. The van der Waals surface area contributed by atoms with Crippen molar-refractivity contribution in [3.05, 3.63) is 12.2 Å². The van der Waals surface area contributed by atoms with Crippen molar-refractivity contribution in [3.63, 3.8) is 0 Å². The van der Waals surface area contributed by atoms with Crippen LogP contribution in [0.3, 0.4) is 0 Å². The number of hydrogen-bond donors (Lipinski definition) is 0. The van der Waals surface area contributed by atoms with Crippen molar-refractivity contribution in [1.82, 2.24) is 4.90 Å². The lowest BCUT2D eigenvalue weighted by Gasteiger charge is -2.10. The largest absolute Gasteiger partial charge is 0.280 e. The summed E-state index contributed by atoms with van der Waals surface area (Å²) in [6.07, 6.45) is 6.38. The molecule has 0 aromatic rings. The van der Waals surface area contributed by atoms with E-state index in [0.29, 0.717) is 6.04 Å². The molecular weight excluding hydrogens is 100 g/mol. The average Bonchev–Trinajstić information content (AvgIpc) is 2.15. The van der Waals surface area contributed by atoms with Crippen LogP contribution in [0.25, 0.3) is 0 Å². The van der Waals surface area contributed by atoms with E-state index in [1.165, 1.54) is 0 Å². The molecule has 0 amide bonds. The predicted octanol–water partition coefficient (Wildman–Crippen LogP) is 0.269. The van der Waals surface area contributed by atoms with Gasteiger partial charge in [0.05, 0.1) is 12.7 Å². The van der Waals surface area contributed by atoms with Gasteiger partial charge in [-0.1, -0.05) is 12.2 Å². The minimum atomic E-state index is 0.537. The highest BCUT2D eigenvalue weighted by atomic mass is 15.3. The first-order chi connectivity index (χ1) is 3.97. The number of nitrogens with zero attached hydrogens (tertiary/aromatic N) is 2. The summed E-state index contributed by atoms with van der Waals surface area (Å²) in [5.41, 5.74) is 0. The molecule has 0 aromatic carbocycles. The van der Waals surface area contributed by atoms with E-state index in [4.69, 9.17) is 0 Å². The Morgan fingerprint density at radius 1 is 1.62 bits per heavy atom. The van der Waals surface area contributed by atoms with Crippen LogP contribution in [0.4, 0.5) is 0 Å². The molecule has 2 heteroatoms. The van der Waals surface area contributed by atoms with Crippen LogP contribution in [0.2, 0.25) is 0 Å². The summed E-state index contributed by atoms with van der Waals surface area (Å²) in [5, 5.41) is 0. The van der Waals surface area contributed by atoms with Crippen molar-refractivity contribution in [2.24, 2.45) is 4.99 Å². The molecule has 2 rings (SSSR count). The van der Waals surface area contributed by atoms with E-state index in [1.807, 2.05) is 6.21 Å². The molecule has 8 heavy (non-hydrogen) atoms. The van der Waals surface area contributed by atoms with E-state index >= 15 is 0 Å². The van der Waals surface area contributed by atoms with Crippen LogP contribution < -0.4 is 0 Å². The molecular formula is C6H8N2. The van der Waals surface area contributed by atoms with E-state index in [9.17, 15) is 0 Å². The molecule has 2 aliphatic heterocycles. The number of aliphatic imine (C=N–C) groups is 1. The molecule has 0 saturated heterocycles. The van der Waals surface area contributed by atoms with Gasteiger partial charge in [0.25, 0.3) is 0 Å². The zero-order valence-corrected chi connectivity index (χ0v) is 4.62. The normalized spacial score (nSPS) is 34.2. The molecule has 1 atom stereocenters. The molecule has 0 radical (unpaired) electrons. The fourth-order valence-corrected chi connectivity index (χ4v) is 1.14. The lowest BCUT2D eigenvalue weighted by molar-refractivity contribution is 0.356. The molecule has 1 unspecified atom stereocenters. The molecule has 0 spiro atoms. The minimum Gasteiger partial charge on any atom is -0.280 e. The summed E-state index contributed by atoms with van der Waals surface area (Å²) in [6, 6.07) is 0.537. The third-order valence-corrected chi connectivity index (χ3v) is 1.62. The fraction of sp³-hybridized carbons (Fsp3) is 0.500. The highest BCUT2D eigenvalue weighted by Gasteiger charge is 2.20. The number of rotatable bonds is 0. The first-order valence-electron chi connectivity index (χ1n) is 2.87. The van der Waals surface area contributed by atoms with E-state index < -0.39 is 0 Å². The Morgan fingerprint density at radius 2 is 2.62 bits per heavy atom. The highest BCUT2D eigenvalue weighted by molar-refractivity contribution is 5.69. The second-order valence-electron chi connectivity index (χ2n) is 2.16. The standard InChI is InChI=1S/C6H8N2/c1-2-6-4-7-5-8(6)3-1/h1-2,4,6H,3,5H2. The maximum Gasteiger partial charge on any atom is 0.0916 e. The quantitative estimate of drug-likeness (QED) is 0.407. The SMILES string of the molecule is C1=CC2C=NCN2C1. The molecule has 42 valence electrons. The first-order valence-corrected chi connectivity index (χ1v) is 2.87. The molecule has 2 aliphatic rings. The smallest absolute Gasteiger partial charge is 0.0916 e. The summed E-state index contributed by atoms with van der Waals surface area (Å²) >= 11 is 0. The Hall–Kier alpha value is -0.630. The molecule has 0 bridgehead atoms. The van der Waals surface area contributed by atoms with Gasteiger partial charge in [-0.3, -0.25) is 9.89 Å². The van der Waals surface area contributed by atoms with Gasteiger partial charge in [0.15, 0.2) is 0 Å². The Balaban J connectivity index is 2.22. The molecule has 0 saturated carbocycles. The lowest BCUT2D eigenvalue weighted by Crippen LogP contribution is -2.25. The maximum atomic E-state index is 4.12. The van der Waals surface area contributed by atoms with Crippen LogP contribution in [0.1, 0.15) is 0 Å². The van der Waals surface area contributed by atoms with Crippen molar-refractivity contribution in [3.8, 4) is 0 Å². The van der Waals surface area contributed by atoms with Crippen LogP contribution in [-0.4, -0.2) is 30.4 Å². The van der Waals surface area contributed by atoms with Gasteiger partial charge in [-0.15, -0.1) is 0 Å². The highest BCUT2D eigenvalue weighted by Crippen LogP contribution is 2.11. The van der Waals surface area contributed by atoms with E-state index in [0.717, 1.165) is 13.2 Å². The monoisotopic (exact) mass is 108 g/mol. The third-order valence-electron chi connectivity index (χ3n) is 1.62. The van der Waals surface area contributed by atoms with Crippen LogP contribution in [0.5, 0.6) is 0 Å². The Morgan fingerprint density at radius 3 is 3.50 bits per heavy atom. The average molecular weight is 108 g/mol. The van der Waals surface area contributed by atoms with Crippen molar-refractivity contribution >= 4 is 6.21 Å². The molecule has 0 N–H and O–H groups in total. The Kier molecular flexibility index (Phi) is 0.758. The molecule has 0 fully saturated rings. The minimum absolute atomic E-state index is 0.537. The second-order valence-corrected chi connectivity index (χ2v) is 2.16. The van der Waals surface area contributed by atoms with Crippen LogP contribution in [-0.2, 0) is 0 Å². The fourth-order valence-electron chi connectivity index (χ4n) is 1.14. The van der Waals surface area contributed by atoms with Gasteiger partial charge in [-0.2, -0.15) is 0 Å². The molecule has 2 heterocycles. The summed E-state index contributed by atoms with van der Waals surface area (Å²) in [6.45, 7) is 1.99. The van der Waals surface area contributed by atoms with Gasteiger partial charge >= 0.3 is 0 Å².